The number of halogens is 2. The Balaban J connectivity index is 2.28. The van der Waals surface area contributed by atoms with Crippen LogP contribution in [0.1, 0.15) is 24.8 Å². The molecule has 82 valence electrons. The van der Waals surface area contributed by atoms with Gasteiger partial charge in [0.25, 0.3) is 0 Å². The van der Waals surface area contributed by atoms with Crippen LogP contribution in [0, 0.1) is 5.82 Å². The van der Waals surface area contributed by atoms with E-state index in [0.717, 1.165) is 29.4 Å². The van der Waals surface area contributed by atoms with Crippen LogP contribution in [-0.2, 0) is 10.3 Å². The van der Waals surface area contributed by atoms with Crippen LogP contribution in [0.2, 0.25) is 0 Å². The first kappa shape index (κ1) is 11.3. The number of rotatable bonds is 2. The van der Waals surface area contributed by atoms with E-state index < -0.39 is 0 Å². The van der Waals surface area contributed by atoms with E-state index >= 15 is 0 Å². The molecule has 15 heavy (non-hydrogen) atoms. The molecule has 1 aromatic carbocycles. The van der Waals surface area contributed by atoms with E-state index in [1.807, 2.05) is 12.1 Å². The minimum atomic E-state index is -0.182. The summed E-state index contributed by atoms with van der Waals surface area (Å²) in [5.41, 5.74) is 0.935. The summed E-state index contributed by atoms with van der Waals surface area (Å²) in [4.78, 5) is 0. The van der Waals surface area contributed by atoms with Crippen molar-refractivity contribution < 1.29 is 9.13 Å². The van der Waals surface area contributed by atoms with E-state index in [-0.39, 0.29) is 11.4 Å². The van der Waals surface area contributed by atoms with Crippen LogP contribution in [0.15, 0.2) is 24.3 Å². The molecule has 2 rings (SSSR count). The van der Waals surface area contributed by atoms with Gasteiger partial charge in [-0.25, -0.2) is 4.39 Å². The van der Waals surface area contributed by atoms with E-state index in [0.29, 0.717) is 0 Å². The van der Waals surface area contributed by atoms with Gasteiger partial charge < -0.3 is 4.74 Å². The number of ether oxygens (including phenoxy) is 1. The molecule has 1 aliphatic rings. The Hall–Kier alpha value is -0.160. The van der Waals surface area contributed by atoms with Gasteiger partial charge in [-0.15, -0.1) is 0 Å². The van der Waals surface area contributed by atoms with E-state index in [1.165, 1.54) is 18.6 Å². The van der Waals surface area contributed by atoms with Crippen LogP contribution in [0.3, 0.4) is 0 Å². The third-order valence-electron chi connectivity index (χ3n) is 2.94. The zero-order valence-corrected chi connectivity index (χ0v) is 10.7. The predicted octanol–water partition coefficient (Wildman–Crippen LogP) is 3.66. The van der Waals surface area contributed by atoms with Crippen molar-refractivity contribution in [3.63, 3.8) is 0 Å². The first-order chi connectivity index (χ1) is 7.27. The molecular weight excluding hydrogens is 306 g/mol. The average molecular weight is 320 g/mol. The van der Waals surface area contributed by atoms with Crippen molar-refractivity contribution in [1.82, 2.24) is 0 Å². The highest BCUT2D eigenvalue weighted by atomic mass is 127. The van der Waals surface area contributed by atoms with Crippen LogP contribution in [-0.4, -0.2) is 11.0 Å². The van der Waals surface area contributed by atoms with Crippen LogP contribution >= 0.6 is 22.6 Å². The van der Waals surface area contributed by atoms with Gasteiger partial charge in [0, 0.05) is 11.0 Å². The molecule has 1 aliphatic heterocycles. The van der Waals surface area contributed by atoms with Gasteiger partial charge in [-0.3, -0.25) is 0 Å². The summed E-state index contributed by atoms with van der Waals surface area (Å²) >= 11 is 2.35. The van der Waals surface area contributed by atoms with Gasteiger partial charge in [0.05, 0.1) is 0 Å². The number of hydrogen-bond acceptors (Lipinski definition) is 1. The molecule has 0 aromatic heterocycles. The molecule has 0 saturated carbocycles. The highest BCUT2D eigenvalue weighted by Crippen LogP contribution is 2.36. The monoisotopic (exact) mass is 320 g/mol. The summed E-state index contributed by atoms with van der Waals surface area (Å²) in [7, 11) is 0. The van der Waals surface area contributed by atoms with Gasteiger partial charge >= 0.3 is 0 Å². The fraction of sp³-hybridized carbons (Fsp3) is 0.500. The molecule has 1 aromatic rings. The van der Waals surface area contributed by atoms with Gasteiger partial charge in [-0.05, 0) is 37.0 Å². The maximum Gasteiger partial charge on any atom is 0.123 e. The first-order valence-corrected chi connectivity index (χ1v) is 6.75. The molecule has 1 heterocycles. The SMILES string of the molecule is Fc1ccc(C2(CI)CCCCO2)cc1. The number of hydrogen-bond donors (Lipinski definition) is 0. The standard InChI is InChI=1S/C12H14FIO/c13-11-5-3-10(4-6-11)12(9-14)7-1-2-8-15-12/h3-6H,1-2,7-9H2. The minimum absolute atomic E-state index is 0.174. The highest BCUT2D eigenvalue weighted by molar-refractivity contribution is 14.1. The summed E-state index contributed by atoms with van der Waals surface area (Å²) in [6.07, 6.45) is 3.38. The molecule has 0 radical (unpaired) electrons. The summed E-state index contributed by atoms with van der Waals surface area (Å²) in [6.45, 7) is 0.820. The van der Waals surface area contributed by atoms with Crippen molar-refractivity contribution in [2.45, 2.75) is 24.9 Å². The van der Waals surface area contributed by atoms with Gasteiger partial charge in [0.15, 0.2) is 0 Å². The molecule has 1 saturated heterocycles. The Morgan fingerprint density at radius 2 is 2.00 bits per heavy atom. The summed E-state index contributed by atoms with van der Waals surface area (Å²) in [6, 6.07) is 6.72. The van der Waals surface area contributed by atoms with Crippen molar-refractivity contribution in [1.29, 1.82) is 0 Å². The van der Waals surface area contributed by atoms with Crippen LogP contribution in [0.25, 0.3) is 0 Å². The molecule has 0 N–H and O–H groups in total. The molecule has 1 nitrogen and oxygen atoms in total. The second kappa shape index (κ2) is 4.78. The quantitative estimate of drug-likeness (QED) is 0.597. The lowest BCUT2D eigenvalue weighted by Gasteiger charge is -2.36. The van der Waals surface area contributed by atoms with Crippen LogP contribution in [0.5, 0.6) is 0 Å². The fourth-order valence-electron chi connectivity index (χ4n) is 2.02. The average Bonchev–Trinajstić information content (AvgIpc) is 2.31. The lowest BCUT2D eigenvalue weighted by atomic mass is 9.88. The molecule has 1 fully saturated rings. The predicted molar refractivity (Wildman–Crippen MR) is 66.8 cm³/mol. The molecular formula is C12H14FIO. The molecule has 3 heteroatoms. The fourth-order valence-corrected chi connectivity index (χ4v) is 3.06. The van der Waals surface area contributed by atoms with Crippen LogP contribution < -0.4 is 0 Å². The summed E-state index contributed by atoms with van der Waals surface area (Å²) in [5, 5.41) is 0. The van der Waals surface area contributed by atoms with Crippen molar-refractivity contribution in [3.8, 4) is 0 Å². The topological polar surface area (TPSA) is 9.23 Å². The lowest BCUT2D eigenvalue weighted by Crippen LogP contribution is -2.35. The Morgan fingerprint density at radius 3 is 2.53 bits per heavy atom. The van der Waals surface area contributed by atoms with Gasteiger partial charge in [0.1, 0.15) is 11.4 Å². The van der Waals surface area contributed by atoms with E-state index in [1.54, 1.807) is 0 Å². The van der Waals surface area contributed by atoms with Gasteiger partial charge in [-0.2, -0.15) is 0 Å². The molecule has 1 atom stereocenters. The second-order valence-corrected chi connectivity index (χ2v) is 4.70. The van der Waals surface area contributed by atoms with Crippen LogP contribution in [0.4, 0.5) is 4.39 Å². The van der Waals surface area contributed by atoms with Crippen molar-refractivity contribution in [2.24, 2.45) is 0 Å². The maximum atomic E-state index is 12.8. The van der Waals surface area contributed by atoms with E-state index in [9.17, 15) is 4.39 Å². The maximum absolute atomic E-state index is 12.8. The third kappa shape index (κ3) is 2.33. The van der Waals surface area contributed by atoms with Crippen molar-refractivity contribution in [2.75, 3.05) is 11.0 Å². The summed E-state index contributed by atoms with van der Waals surface area (Å²) < 4.78 is 19.7. The Morgan fingerprint density at radius 1 is 1.27 bits per heavy atom. The molecule has 0 bridgehead atoms. The second-order valence-electron chi connectivity index (χ2n) is 3.94. The van der Waals surface area contributed by atoms with Crippen molar-refractivity contribution >= 4 is 22.6 Å². The van der Waals surface area contributed by atoms with E-state index in [2.05, 4.69) is 22.6 Å². The lowest BCUT2D eigenvalue weighted by molar-refractivity contribution is -0.0642. The Kier molecular flexibility index (Phi) is 3.61. The molecule has 1 unspecified atom stereocenters. The third-order valence-corrected chi connectivity index (χ3v) is 4.17. The number of benzene rings is 1. The Bertz CT molecular complexity index is 317. The Labute approximate surface area is 103 Å². The normalized spacial score (nSPS) is 26.5. The molecule has 0 aliphatic carbocycles. The smallest absolute Gasteiger partial charge is 0.123 e. The highest BCUT2D eigenvalue weighted by Gasteiger charge is 2.33. The minimum Gasteiger partial charge on any atom is -0.369 e. The zero-order chi connectivity index (χ0) is 10.7. The first-order valence-electron chi connectivity index (χ1n) is 5.23. The molecule has 0 spiro atoms. The molecule has 0 amide bonds. The van der Waals surface area contributed by atoms with Gasteiger partial charge in [0.2, 0.25) is 0 Å². The zero-order valence-electron chi connectivity index (χ0n) is 8.51. The van der Waals surface area contributed by atoms with E-state index in [4.69, 9.17) is 4.74 Å². The van der Waals surface area contributed by atoms with Gasteiger partial charge in [-0.1, -0.05) is 34.7 Å². The van der Waals surface area contributed by atoms with Crippen molar-refractivity contribution in [3.05, 3.63) is 35.6 Å². The largest absolute Gasteiger partial charge is 0.369 e. The summed E-state index contributed by atoms with van der Waals surface area (Å²) in [5.74, 6) is -0.182. The number of alkyl halides is 1.